The van der Waals surface area contributed by atoms with E-state index < -0.39 is 6.04 Å². The summed E-state index contributed by atoms with van der Waals surface area (Å²) in [5.74, 6) is 0. The first kappa shape index (κ1) is 32.4. The van der Waals surface area contributed by atoms with Crippen molar-refractivity contribution in [1.82, 2.24) is 15.0 Å². The lowest BCUT2D eigenvalue weighted by Crippen LogP contribution is -2.36. The molecule has 55 heavy (non-hydrogen) atoms. The highest BCUT2D eigenvalue weighted by Crippen LogP contribution is 2.40. The summed E-state index contributed by atoms with van der Waals surface area (Å²) in [6.07, 6.45) is 2.20. The van der Waals surface area contributed by atoms with E-state index in [4.69, 9.17) is 25.8 Å². The molecule has 0 aliphatic heterocycles. The van der Waals surface area contributed by atoms with Gasteiger partial charge in [-0.2, -0.15) is 5.10 Å². The quantitative estimate of drug-likeness (QED) is 0.133. The van der Waals surface area contributed by atoms with Crippen molar-refractivity contribution in [3.63, 3.8) is 0 Å². The van der Waals surface area contributed by atoms with Crippen molar-refractivity contribution in [2.45, 2.75) is 6.04 Å². The molecule has 0 fully saturated rings. The van der Waals surface area contributed by atoms with Crippen molar-refractivity contribution in [1.29, 1.82) is 0 Å². The number of nitrogens with zero attached hydrogens (tertiary/aromatic N) is 4. The third-order valence-corrected chi connectivity index (χ3v) is 10.3. The van der Waals surface area contributed by atoms with Gasteiger partial charge >= 0.3 is 0 Å². The van der Waals surface area contributed by atoms with Gasteiger partial charge in [0, 0.05) is 44.0 Å². The van der Waals surface area contributed by atoms with Crippen LogP contribution in [0.15, 0.2) is 181 Å². The van der Waals surface area contributed by atoms with Crippen LogP contribution < -0.4 is 11.2 Å². The monoisotopic (exact) mass is 706 g/mol. The topological polar surface area (TPSA) is 89.1 Å². The molecule has 3 aromatic heterocycles. The van der Waals surface area contributed by atoms with Gasteiger partial charge in [0.05, 0.1) is 51.1 Å². The predicted molar refractivity (Wildman–Crippen MR) is 228 cm³/mol. The van der Waals surface area contributed by atoms with Crippen LogP contribution >= 0.6 is 0 Å². The Morgan fingerprint density at radius 3 is 1.67 bits per heavy atom. The molecule has 0 spiro atoms. The molecule has 6 heteroatoms. The Kier molecular flexibility index (Phi) is 8.01. The standard InChI is InChI=1S/C49H34N6/c50-45-39(31-12-4-1-5-13-31)30-40-44(49(45)55-54-37-16-8-3-9-17-37)38-18-10-11-19-43(38)53-46(40)34-22-20-33(21-23-34)42-29-27-36-25-24-35-26-28-41(32-14-6-2-7-15-32)51-47(35)48(36)52-42/h1-30,45,54H,50H2/b55-49-. The number of hydrazone groups is 1. The minimum absolute atomic E-state index is 0.472. The first-order chi connectivity index (χ1) is 27.2. The predicted octanol–water partition coefficient (Wildman–Crippen LogP) is 11.0. The molecule has 1 aliphatic rings. The van der Waals surface area contributed by atoms with Gasteiger partial charge in [0.25, 0.3) is 0 Å². The number of nitrogens with one attached hydrogen (secondary N) is 1. The number of anilines is 1. The molecule has 3 heterocycles. The van der Waals surface area contributed by atoms with Crippen LogP contribution in [0.25, 0.3) is 78.1 Å². The lowest BCUT2D eigenvalue weighted by atomic mass is 9.81. The average Bonchev–Trinajstić information content (AvgIpc) is 3.26. The van der Waals surface area contributed by atoms with Gasteiger partial charge in [0.2, 0.25) is 0 Å². The molecular formula is C49H34N6. The number of hydrogen-bond acceptors (Lipinski definition) is 6. The van der Waals surface area contributed by atoms with E-state index in [-0.39, 0.29) is 0 Å². The number of aromatic nitrogens is 3. The molecular weight excluding hydrogens is 673 g/mol. The Morgan fingerprint density at radius 2 is 1.02 bits per heavy atom. The maximum Gasteiger partial charge on any atom is 0.0972 e. The first-order valence-corrected chi connectivity index (χ1v) is 18.4. The lowest BCUT2D eigenvalue weighted by molar-refractivity contribution is 1.08. The summed E-state index contributed by atoms with van der Waals surface area (Å²) < 4.78 is 0. The summed E-state index contributed by atoms with van der Waals surface area (Å²) in [5.41, 5.74) is 24.5. The number of fused-ring (bicyclic) bond motifs is 6. The van der Waals surface area contributed by atoms with Crippen molar-refractivity contribution in [3.8, 4) is 33.8 Å². The van der Waals surface area contributed by atoms with E-state index in [1.54, 1.807) is 0 Å². The third-order valence-electron chi connectivity index (χ3n) is 10.3. The molecule has 0 saturated heterocycles. The van der Waals surface area contributed by atoms with Gasteiger partial charge < -0.3 is 5.73 Å². The molecule has 0 radical (unpaired) electrons. The highest BCUT2D eigenvalue weighted by molar-refractivity contribution is 6.25. The zero-order valence-corrected chi connectivity index (χ0v) is 29.8. The Morgan fingerprint density at radius 1 is 0.491 bits per heavy atom. The molecule has 6 nitrogen and oxygen atoms in total. The van der Waals surface area contributed by atoms with Crippen LogP contribution in [0.2, 0.25) is 0 Å². The van der Waals surface area contributed by atoms with Crippen LogP contribution in [0.3, 0.4) is 0 Å². The minimum atomic E-state index is -0.472. The molecule has 0 bridgehead atoms. The summed E-state index contributed by atoms with van der Waals surface area (Å²) >= 11 is 0. The Labute approximate surface area is 318 Å². The Hall–Kier alpha value is -7.28. The zero-order valence-electron chi connectivity index (χ0n) is 29.8. The molecule has 10 rings (SSSR count). The van der Waals surface area contributed by atoms with E-state index in [0.717, 1.165) is 100 Å². The fraction of sp³-hybridized carbons (Fsp3) is 0.0204. The van der Waals surface area contributed by atoms with Gasteiger partial charge in [-0.15, -0.1) is 0 Å². The van der Waals surface area contributed by atoms with E-state index in [0.29, 0.717) is 0 Å². The van der Waals surface area contributed by atoms with E-state index >= 15 is 0 Å². The van der Waals surface area contributed by atoms with E-state index in [9.17, 15) is 0 Å². The molecule has 9 aromatic rings. The van der Waals surface area contributed by atoms with Crippen LogP contribution in [0, 0.1) is 0 Å². The number of hydrogen-bond donors (Lipinski definition) is 2. The number of benzene rings is 6. The molecule has 1 aliphatic carbocycles. The smallest absolute Gasteiger partial charge is 0.0972 e. The number of para-hydroxylation sites is 2. The van der Waals surface area contributed by atoms with Gasteiger partial charge in [0.1, 0.15) is 0 Å². The van der Waals surface area contributed by atoms with Crippen molar-refractivity contribution >= 4 is 55.8 Å². The number of pyridine rings is 3. The van der Waals surface area contributed by atoms with Crippen molar-refractivity contribution in [2.24, 2.45) is 10.8 Å². The second kappa shape index (κ2) is 13.6. The molecule has 3 N–H and O–H groups in total. The van der Waals surface area contributed by atoms with Gasteiger partial charge in [-0.25, -0.2) is 15.0 Å². The van der Waals surface area contributed by atoms with E-state index in [2.05, 4.69) is 109 Å². The normalized spacial score (nSPS) is 14.6. The van der Waals surface area contributed by atoms with Crippen LogP contribution in [0.4, 0.5) is 5.69 Å². The second-order valence-corrected chi connectivity index (χ2v) is 13.7. The molecule has 260 valence electrons. The third kappa shape index (κ3) is 5.91. The zero-order chi connectivity index (χ0) is 36.7. The summed E-state index contributed by atoms with van der Waals surface area (Å²) in [6, 6.07) is 59.5. The Balaban J connectivity index is 1.11. The molecule has 0 saturated carbocycles. The lowest BCUT2D eigenvalue weighted by Gasteiger charge is -2.28. The minimum Gasteiger partial charge on any atom is -0.319 e. The summed E-state index contributed by atoms with van der Waals surface area (Å²) in [4.78, 5) is 15.6. The van der Waals surface area contributed by atoms with Gasteiger partial charge in [-0.3, -0.25) is 5.43 Å². The fourth-order valence-corrected chi connectivity index (χ4v) is 7.56. The molecule has 6 aromatic carbocycles. The largest absolute Gasteiger partial charge is 0.319 e. The maximum atomic E-state index is 7.14. The van der Waals surface area contributed by atoms with Gasteiger partial charge in [0.15, 0.2) is 0 Å². The van der Waals surface area contributed by atoms with Gasteiger partial charge in [-0.1, -0.05) is 146 Å². The first-order valence-electron chi connectivity index (χ1n) is 18.4. The van der Waals surface area contributed by atoms with Crippen LogP contribution in [-0.2, 0) is 0 Å². The van der Waals surface area contributed by atoms with Crippen molar-refractivity contribution in [2.75, 3.05) is 5.43 Å². The number of nitrogens with two attached hydrogens (primary N) is 1. The molecule has 1 atom stereocenters. The fourth-order valence-electron chi connectivity index (χ4n) is 7.56. The molecule has 1 unspecified atom stereocenters. The van der Waals surface area contributed by atoms with Crippen molar-refractivity contribution < 1.29 is 0 Å². The van der Waals surface area contributed by atoms with E-state index in [1.165, 1.54) is 0 Å². The van der Waals surface area contributed by atoms with Crippen LogP contribution in [0.5, 0.6) is 0 Å². The second-order valence-electron chi connectivity index (χ2n) is 13.7. The summed E-state index contributed by atoms with van der Waals surface area (Å²) in [6.45, 7) is 0. The average molecular weight is 707 g/mol. The molecule has 0 amide bonds. The summed E-state index contributed by atoms with van der Waals surface area (Å²) in [7, 11) is 0. The highest BCUT2D eigenvalue weighted by atomic mass is 15.3. The van der Waals surface area contributed by atoms with Crippen LogP contribution in [0.1, 0.15) is 16.7 Å². The maximum absolute atomic E-state index is 7.14. The number of rotatable bonds is 6. The van der Waals surface area contributed by atoms with Crippen LogP contribution in [-0.4, -0.2) is 26.7 Å². The SMILES string of the molecule is NC1C(c2ccccc2)=Cc2c(-c3ccc(-c4ccc5ccc6ccc(-c7ccccc7)nc6c5n4)cc3)nc3ccccc3c2/C1=N/Nc1ccccc1. The highest BCUT2D eigenvalue weighted by Gasteiger charge is 2.31. The Bertz CT molecular complexity index is 2940. The van der Waals surface area contributed by atoms with Gasteiger partial charge in [-0.05, 0) is 47.5 Å². The summed E-state index contributed by atoms with van der Waals surface area (Å²) in [5, 5.41) is 8.13. The van der Waals surface area contributed by atoms with Crippen molar-refractivity contribution in [3.05, 3.63) is 193 Å². The van der Waals surface area contributed by atoms with E-state index in [1.807, 2.05) is 78.9 Å².